The number of halogens is 1. The summed E-state index contributed by atoms with van der Waals surface area (Å²) in [5, 5.41) is 2.87. The highest BCUT2D eigenvalue weighted by Gasteiger charge is 2.24. The summed E-state index contributed by atoms with van der Waals surface area (Å²) < 4.78 is 41.8. The second-order valence-corrected chi connectivity index (χ2v) is 12.0. The minimum absolute atomic E-state index is 0.111. The average molecular weight is 567 g/mol. The zero-order chi connectivity index (χ0) is 28.7. The number of carbonyl (C=O) groups excluding carboxylic acids is 2. The Morgan fingerprint density at radius 1 is 0.925 bits per heavy atom. The van der Waals surface area contributed by atoms with E-state index in [0.29, 0.717) is 43.9 Å². The number of carbonyl (C=O) groups is 2. The lowest BCUT2D eigenvalue weighted by Gasteiger charge is -2.26. The quantitative estimate of drug-likeness (QED) is 0.393. The van der Waals surface area contributed by atoms with Crippen LogP contribution in [-0.2, 0) is 21.4 Å². The topological polar surface area (TPSA) is 98.8 Å². The number of nitrogens with one attached hydrogen (secondary N) is 2. The molecule has 0 radical (unpaired) electrons. The molecule has 1 fully saturated rings. The average Bonchev–Trinajstić information content (AvgIpc) is 3.19. The van der Waals surface area contributed by atoms with E-state index < -0.39 is 15.9 Å². The standard InChI is InChI=1S/C30H35FN4O4S/c1-22(2)19-29(36)35-16-6-15-34(17-18-35)28-14-13-25(33-40(38,39)26-7-4-3-5-8-26)20-27(28)30(37)32-21-23-9-11-24(31)12-10-23/h3-5,7-14,20,22,33H,6,15-19,21H2,1-2H3,(H,32,37). The maximum atomic E-state index is 13.5. The number of sulfonamides is 1. The molecule has 0 bridgehead atoms. The number of rotatable bonds is 9. The maximum Gasteiger partial charge on any atom is 0.261 e. The predicted octanol–water partition coefficient (Wildman–Crippen LogP) is 4.64. The van der Waals surface area contributed by atoms with Gasteiger partial charge in [-0.05, 0) is 60.4 Å². The summed E-state index contributed by atoms with van der Waals surface area (Å²) in [5.74, 6) is -0.356. The van der Waals surface area contributed by atoms with Crippen molar-refractivity contribution in [3.8, 4) is 0 Å². The first kappa shape index (κ1) is 29.1. The van der Waals surface area contributed by atoms with Gasteiger partial charge in [-0.3, -0.25) is 14.3 Å². The first-order valence-corrected chi connectivity index (χ1v) is 14.9. The Morgan fingerprint density at radius 3 is 2.35 bits per heavy atom. The lowest BCUT2D eigenvalue weighted by Crippen LogP contribution is -2.36. The summed E-state index contributed by atoms with van der Waals surface area (Å²) in [6.45, 7) is 6.57. The molecule has 10 heteroatoms. The van der Waals surface area contributed by atoms with Gasteiger partial charge in [0.25, 0.3) is 15.9 Å². The number of hydrogen-bond donors (Lipinski definition) is 2. The Balaban J connectivity index is 1.59. The first-order chi connectivity index (χ1) is 19.1. The zero-order valence-corrected chi connectivity index (χ0v) is 23.6. The highest BCUT2D eigenvalue weighted by Crippen LogP contribution is 2.27. The molecule has 3 aromatic carbocycles. The third-order valence-electron chi connectivity index (χ3n) is 6.69. The van der Waals surface area contributed by atoms with Crippen LogP contribution < -0.4 is 14.9 Å². The summed E-state index contributed by atoms with van der Waals surface area (Å²) in [7, 11) is -3.86. The summed E-state index contributed by atoms with van der Waals surface area (Å²) in [4.78, 5) is 30.2. The second kappa shape index (κ2) is 13.0. The van der Waals surface area contributed by atoms with Gasteiger partial charge in [0.2, 0.25) is 5.91 Å². The van der Waals surface area contributed by atoms with Gasteiger partial charge < -0.3 is 15.1 Å². The minimum atomic E-state index is -3.86. The van der Waals surface area contributed by atoms with Crippen LogP contribution in [0.25, 0.3) is 0 Å². The molecule has 212 valence electrons. The van der Waals surface area contributed by atoms with Gasteiger partial charge in [-0.15, -0.1) is 0 Å². The molecule has 2 amide bonds. The predicted molar refractivity (Wildman–Crippen MR) is 154 cm³/mol. The van der Waals surface area contributed by atoms with Gasteiger partial charge in [0.1, 0.15) is 5.82 Å². The summed E-state index contributed by atoms with van der Waals surface area (Å²) >= 11 is 0. The van der Waals surface area contributed by atoms with Crippen LogP contribution in [-0.4, -0.2) is 51.3 Å². The van der Waals surface area contributed by atoms with Crippen LogP contribution >= 0.6 is 0 Å². The van der Waals surface area contributed by atoms with E-state index in [0.717, 1.165) is 12.0 Å². The molecule has 0 aromatic heterocycles. The fraction of sp³-hybridized carbons (Fsp3) is 0.333. The third kappa shape index (κ3) is 7.59. The Labute approximate surface area is 235 Å². The summed E-state index contributed by atoms with van der Waals surface area (Å²) in [5.41, 5.74) is 1.93. The lowest BCUT2D eigenvalue weighted by atomic mass is 10.1. The first-order valence-electron chi connectivity index (χ1n) is 13.4. The molecule has 0 atom stereocenters. The molecule has 1 heterocycles. The number of anilines is 2. The van der Waals surface area contributed by atoms with Gasteiger partial charge in [-0.2, -0.15) is 0 Å². The molecule has 1 aliphatic heterocycles. The maximum absolute atomic E-state index is 13.5. The monoisotopic (exact) mass is 566 g/mol. The van der Waals surface area contributed by atoms with Crippen LogP contribution in [0.4, 0.5) is 15.8 Å². The van der Waals surface area contributed by atoms with Crippen molar-refractivity contribution >= 4 is 33.2 Å². The Bertz CT molecular complexity index is 1430. The van der Waals surface area contributed by atoms with Gasteiger partial charge in [0, 0.05) is 50.5 Å². The third-order valence-corrected chi connectivity index (χ3v) is 8.08. The van der Waals surface area contributed by atoms with Crippen molar-refractivity contribution in [3.05, 3.63) is 89.7 Å². The van der Waals surface area contributed by atoms with Crippen molar-refractivity contribution in [3.63, 3.8) is 0 Å². The Hall–Kier alpha value is -3.92. The lowest BCUT2D eigenvalue weighted by molar-refractivity contribution is -0.131. The number of nitrogens with zero attached hydrogens (tertiary/aromatic N) is 2. The van der Waals surface area contributed by atoms with E-state index in [1.807, 2.05) is 18.7 Å². The molecule has 0 aliphatic carbocycles. The van der Waals surface area contributed by atoms with E-state index in [2.05, 4.69) is 14.9 Å². The normalized spacial score (nSPS) is 14.1. The summed E-state index contributed by atoms with van der Waals surface area (Å²) in [6, 6.07) is 18.8. The van der Waals surface area contributed by atoms with Crippen molar-refractivity contribution < 1.29 is 22.4 Å². The van der Waals surface area contributed by atoms with Crippen molar-refractivity contribution in [2.75, 3.05) is 35.8 Å². The van der Waals surface area contributed by atoms with Gasteiger partial charge >= 0.3 is 0 Å². The molecule has 1 saturated heterocycles. The smallest absolute Gasteiger partial charge is 0.261 e. The molecule has 1 aliphatic rings. The second-order valence-electron chi connectivity index (χ2n) is 10.3. The van der Waals surface area contributed by atoms with Crippen molar-refractivity contribution in [2.24, 2.45) is 5.92 Å². The zero-order valence-electron chi connectivity index (χ0n) is 22.8. The van der Waals surface area contributed by atoms with Gasteiger partial charge in [0.05, 0.1) is 10.5 Å². The van der Waals surface area contributed by atoms with E-state index in [1.54, 1.807) is 42.5 Å². The molecule has 8 nitrogen and oxygen atoms in total. The Kier molecular flexibility index (Phi) is 9.42. The largest absolute Gasteiger partial charge is 0.369 e. The van der Waals surface area contributed by atoms with Crippen LogP contribution in [0.3, 0.4) is 0 Å². The minimum Gasteiger partial charge on any atom is -0.369 e. The van der Waals surface area contributed by atoms with Crippen LogP contribution in [0.2, 0.25) is 0 Å². The van der Waals surface area contributed by atoms with Gasteiger partial charge in [-0.25, -0.2) is 12.8 Å². The molecule has 0 spiro atoms. The van der Waals surface area contributed by atoms with Gasteiger partial charge in [-0.1, -0.05) is 44.2 Å². The fourth-order valence-electron chi connectivity index (χ4n) is 4.64. The van der Waals surface area contributed by atoms with Crippen LogP contribution in [0, 0.1) is 11.7 Å². The van der Waals surface area contributed by atoms with E-state index in [1.165, 1.54) is 30.3 Å². The van der Waals surface area contributed by atoms with Gasteiger partial charge in [0.15, 0.2) is 0 Å². The molecule has 0 unspecified atom stereocenters. The number of hydrogen-bond acceptors (Lipinski definition) is 5. The fourth-order valence-corrected chi connectivity index (χ4v) is 5.71. The SMILES string of the molecule is CC(C)CC(=O)N1CCCN(c2ccc(NS(=O)(=O)c3ccccc3)cc2C(=O)NCc2ccc(F)cc2)CC1. The highest BCUT2D eigenvalue weighted by molar-refractivity contribution is 7.92. The number of benzene rings is 3. The molecular weight excluding hydrogens is 531 g/mol. The van der Waals surface area contributed by atoms with E-state index in [-0.39, 0.29) is 34.8 Å². The van der Waals surface area contributed by atoms with E-state index >= 15 is 0 Å². The van der Waals surface area contributed by atoms with Crippen molar-refractivity contribution in [1.82, 2.24) is 10.2 Å². The molecule has 2 N–H and O–H groups in total. The van der Waals surface area contributed by atoms with Crippen LogP contribution in [0.15, 0.2) is 77.7 Å². The summed E-state index contributed by atoms with van der Waals surface area (Å²) in [6.07, 6.45) is 1.23. The van der Waals surface area contributed by atoms with Crippen LogP contribution in [0.1, 0.15) is 42.6 Å². The molecular formula is C30H35FN4O4S. The molecule has 3 aromatic rings. The van der Waals surface area contributed by atoms with E-state index in [4.69, 9.17) is 0 Å². The number of amides is 2. The molecule has 4 rings (SSSR count). The van der Waals surface area contributed by atoms with Crippen LogP contribution in [0.5, 0.6) is 0 Å². The molecule has 40 heavy (non-hydrogen) atoms. The Morgan fingerprint density at radius 2 is 1.65 bits per heavy atom. The molecule has 0 saturated carbocycles. The van der Waals surface area contributed by atoms with Crippen molar-refractivity contribution in [1.29, 1.82) is 0 Å². The highest BCUT2D eigenvalue weighted by atomic mass is 32.2. The van der Waals surface area contributed by atoms with E-state index in [9.17, 15) is 22.4 Å². The van der Waals surface area contributed by atoms with Crippen molar-refractivity contribution in [2.45, 2.75) is 38.1 Å².